The average molecular weight is 332 g/mol. The van der Waals surface area contributed by atoms with Crippen molar-refractivity contribution < 1.29 is 14.3 Å². The van der Waals surface area contributed by atoms with Gasteiger partial charge in [0.25, 0.3) is 5.91 Å². The number of halogens is 1. The summed E-state index contributed by atoms with van der Waals surface area (Å²) in [7, 11) is 0. The number of hydrogen-bond donors (Lipinski definition) is 1. The minimum atomic E-state index is -0.712. The number of anilines is 1. The molecule has 1 unspecified atom stereocenters. The summed E-state index contributed by atoms with van der Waals surface area (Å²) in [6, 6.07) is 12.1. The number of amides is 1. The summed E-state index contributed by atoms with van der Waals surface area (Å²) < 4.78 is 5.63. The van der Waals surface area contributed by atoms with E-state index in [1.54, 1.807) is 49.4 Å². The van der Waals surface area contributed by atoms with Gasteiger partial charge in [0.1, 0.15) is 5.75 Å². The van der Waals surface area contributed by atoms with Crippen LogP contribution in [0.5, 0.6) is 5.75 Å². The second-order valence-corrected chi connectivity index (χ2v) is 5.67. The Hall–Kier alpha value is -2.33. The average Bonchev–Trinajstić information content (AvgIpc) is 2.51. The van der Waals surface area contributed by atoms with Crippen molar-refractivity contribution >= 4 is 29.0 Å². The molecule has 0 saturated carbocycles. The van der Waals surface area contributed by atoms with Gasteiger partial charge in [0.2, 0.25) is 0 Å². The van der Waals surface area contributed by atoms with E-state index in [1.807, 2.05) is 6.92 Å². The highest BCUT2D eigenvalue weighted by Gasteiger charge is 2.17. The number of nitrogens with one attached hydrogen (secondary N) is 1. The zero-order chi connectivity index (χ0) is 17.0. The number of carbonyl (C=O) groups excluding carboxylic acids is 2. The van der Waals surface area contributed by atoms with Crippen LogP contribution in [0.1, 0.15) is 29.8 Å². The Morgan fingerprint density at radius 3 is 2.52 bits per heavy atom. The number of ketones is 1. The van der Waals surface area contributed by atoms with Crippen molar-refractivity contribution in [3.8, 4) is 5.75 Å². The highest BCUT2D eigenvalue weighted by molar-refractivity contribution is 6.31. The van der Waals surface area contributed by atoms with E-state index in [9.17, 15) is 9.59 Å². The second kappa shape index (κ2) is 7.29. The van der Waals surface area contributed by atoms with E-state index in [4.69, 9.17) is 16.3 Å². The molecule has 0 aliphatic carbocycles. The fraction of sp³-hybridized carbons (Fsp3) is 0.222. The fourth-order valence-corrected chi connectivity index (χ4v) is 2.20. The first kappa shape index (κ1) is 17.0. The molecule has 0 spiro atoms. The van der Waals surface area contributed by atoms with Crippen molar-refractivity contribution in [2.75, 3.05) is 5.32 Å². The summed E-state index contributed by atoms with van der Waals surface area (Å²) in [4.78, 5) is 23.9. The first-order valence-electron chi connectivity index (χ1n) is 7.22. The van der Waals surface area contributed by atoms with Crippen molar-refractivity contribution in [2.45, 2.75) is 26.9 Å². The Balaban J connectivity index is 2.08. The molecule has 4 nitrogen and oxygen atoms in total. The molecule has 1 amide bonds. The SMILES string of the molecule is CC(=O)c1ccccc1NC(=O)C(C)Oc1ccc(Cl)c(C)c1. The molecule has 2 rings (SSSR count). The Labute approximate surface area is 140 Å². The molecule has 0 saturated heterocycles. The summed E-state index contributed by atoms with van der Waals surface area (Å²) >= 11 is 5.97. The Kier molecular flexibility index (Phi) is 5.40. The van der Waals surface area contributed by atoms with E-state index < -0.39 is 6.10 Å². The highest BCUT2D eigenvalue weighted by Crippen LogP contribution is 2.22. The Bertz CT molecular complexity index is 743. The van der Waals surface area contributed by atoms with Gasteiger partial charge in [0.15, 0.2) is 11.9 Å². The number of rotatable bonds is 5. The van der Waals surface area contributed by atoms with Crippen LogP contribution in [-0.2, 0) is 4.79 Å². The predicted molar refractivity (Wildman–Crippen MR) is 91.4 cm³/mol. The topological polar surface area (TPSA) is 55.4 Å². The third kappa shape index (κ3) is 4.33. The largest absolute Gasteiger partial charge is 0.481 e. The monoisotopic (exact) mass is 331 g/mol. The molecule has 0 radical (unpaired) electrons. The summed E-state index contributed by atoms with van der Waals surface area (Å²) in [5, 5.41) is 3.37. The number of aryl methyl sites for hydroxylation is 1. The molecule has 0 aliphatic heterocycles. The van der Waals surface area contributed by atoms with Gasteiger partial charge in [0.05, 0.1) is 5.69 Å². The van der Waals surface area contributed by atoms with Crippen LogP contribution in [0.3, 0.4) is 0 Å². The molecule has 23 heavy (non-hydrogen) atoms. The lowest BCUT2D eigenvalue weighted by atomic mass is 10.1. The van der Waals surface area contributed by atoms with Gasteiger partial charge in [-0.1, -0.05) is 23.7 Å². The van der Waals surface area contributed by atoms with Gasteiger partial charge in [-0.2, -0.15) is 0 Å². The van der Waals surface area contributed by atoms with Crippen LogP contribution in [0.4, 0.5) is 5.69 Å². The van der Waals surface area contributed by atoms with Crippen LogP contribution in [0.25, 0.3) is 0 Å². The standard InChI is InChI=1S/C18H18ClNO3/c1-11-10-14(8-9-16(11)19)23-13(3)18(22)20-17-7-5-4-6-15(17)12(2)21/h4-10,13H,1-3H3,(H,20,22). The third-order valence-corrected chi connectivity index (χ3v) is 3.80. The number of benzene rings is 2. The third-order valence-electron chi connectivity index (χ3n) is 3.38. The molecular weight excluding hydrogens is 314 g/mol. The lowest BCUT2D eigenvalue weighted by Gasteiger charge is -2.16. The second-order valence-electron chi connectivity index (χ2n) is 5.26. The van der Waals surface area contributed by atoms with Crippen LogP contribution >= 0.6 is 11.6 Å². The van der Waals surface area contributed by atoms with E-state index in [0.717, 1.165) is 5.56 Å². The van der Waals surface area contributed by atoms with Crippen molar-refractivity contribution in [3.05, 3.63) is 58.6 Å². The van der Waals surface area contributed by atoms with E-state index in [-0.39, 0.29) is 11.7 Å². The van der Waals surface area contributed by atoms with E-state index in [2.05, 4.69) is 5.32 Å². The summed E-state index contributed by atoms with van der Waals surface area (Å²) in [6.45, 7) is 4.97. The van der Waals surface area contributed by atoms with E-state index >= 15 is 0 Å². The summed E-state index contributed by atoms with van der Waals surface area (Å²) in [5.41, 5.74) is 1.82. The van der Waals surface area contributed by atoms with Crippen molar-refractivity contribution in [2.24, 2.45) is 0 Å². The molecule has 0 aromatic heterocycles. The maximum atomic E-state index is 12.3. The molecule has 0 aliphatic rings. The smallest absolute Gasteiger partial charge is 0.265 e. The Morgan fingerprint density at radius 1 is 1.17 bits per heavy atom. The predicted octanol–water partition coefficient (Wildman–Crippen LogP) is 4.26. The zero-order valence-corrected chi connectivity index (χ0v) is 14.0. The highest BCUT2D eigenvalue weighted by atomic mass is 35.5. The molecule has 0 bridgehead atoms. The van der Waals surface area contributed by atoms with Gasteiger partial charge >= 0.3 is 0 Å². The first-order chi connectivity index (χ1) is 10.9. The van der Waals surface area contributed by atoms with Gasteiger partial charge in [0, 0.05) is 10.6 Å². The number of para-hydroxylation sites is 1. The maximum Gasteiger partial charge on any atom is 0.265 e. The first-order valence-corrected chi connectivity index (χ1v) is 7.60. The lowest BCUT2D eigenvalue weighted by molar-refractivity contribution is -0.122. The number of Topliss-reactive ketones (excluding diaryl/α,β-unsaturated/α-hetero) is 1. The van der Waals surface area contributed by atoms with E-state index in [1.165, 1.54) is 6.92 Å². The minimum absolute atomic E-state index is 0.109. The van der Waals surface area contributed by atoms with Crippen LogP contribution in [0.15, 0.2) is 42.5 Å². The summed E-state index contributed by atoms with van der Waals surface area (Å²) in [6.07, 6.45) is -0.712. The molecule has 120 valence electrons. The zero-order valence-electron chi connectivity index (χ0n) is 13.2. The van der Waals surface area contributed by atoms with Gasteiger partial charge in [-0.05, 0) is 56.7 Å². The molecule has 2 aromatic rings. The van der Waals surface area contributed by atoms with E-state index in [0.29, 0.717) is 22.0 Å². The van der Waals surface area contributed by atoms with Crippen LogP contribution in [-0.4, -0.2) is 17.8 Å². The molecule has 0 fully saturated rings. The van der Waals surface area contributed by atoms with Crippen LogP contribution in [0, 0.1) is 6.92 Å². The van der Waals surface area contributed by atoms with Crippen molar-refractivity contribution in [1.29, 1.82) is 0 Å². The maximum absolute atomic E-state index is 12.3. The minimum Gasteiger partial charge on any atom is -0.481 e. The number of hydrogen-bond acceptors (Lipinski definition) is 3. The van der Waals surface area contributed by atoms with Gasteiger partial charge in [-0.3, -0.25) is 9.59 Å². The molecule has 2 aromatic carbocycles. The molecule has 1 atom stereocenters. The number of ether oxygens (including phenoxy) is 1. The molecule has 1 N–H and O–H groups in total. The Morgan fingerprint density at radius 2 is 1.87 bits per heavy atom. The molecule has 0 heterocycles. The summed E-state index contributed by atoms with van der Waals surface area (Å²) in [5.74, 6) is 0.128. The van der Waals surface area contributed by atoms with Crippen LogP contribution < -0.4 is 10.1 Å². The quantitative estimate of drug-likeness (QED) is 0.833. The van der Waals surface area contributed by atoms with Gasteiger partial charge in [-0.25, -0.2) is 0 Å². The number of carbonyl (C=O) groups is 2. The van der Waals surface area contributed by atoms with Crippen LogP contribution in [0.2, 0.25) is 5.02 Å². The van der Waals surface area contributed by atoms with Crippen molar-refractivity contribution in [1.82, 2.24) is 0 Å². The normalized spacial score (nSPS) is 11.7. The van der Waals surface area contributed by atoms with Gasteiger partial charge in [-0.15, -0.1) is 0 Å². The van der Waals surface area contributed by atoms with Gasteiger partial charge < -0.3 is 10.1 Å². The lowest BCUT2D eigenvalue weighted by Crippen LogP contribution is -2.30. The molecule has 5 heteroatoms. The fourth-order valence-electron chi connectivity index (χ4n) is 2.08. The molecular formula is C18H18ClNO3. The van der Waals surface area contributed by atoms with Crippen molar-refractivity contribution in [3.63, 3.8) is 0 Å².